The standard InChI is InChI=1S/C15H16F4N2O3/c1-9-2-3-10(16)8-11(9)20-12(22)13(23)21-6-4-14(24,5-7-21)15(17,18)19/h2-3,8,24H,4-7H2,1H3,(H,20,22). The molecule has 2 amide bonds. The average molecular weight is 348 g/mol. The summed E-state index contributed by atoms with van der Waals surface area (Å²) in [7, 11) is 0. The highest BCUT2D eigenvalue weighted by Crippen LogP contribution is 2.38. The summed E-state index contributed by atoms with van der Waals surface area (Å²) in [6, 6.07) is 3.65. The predicted molar refractivity (Wildman–Crippen MR) is 76.6 cm³/mol. The Bertz CT molecular complexity index is 653. The normalized spacial score (nSPS) is 17.5. The van der Waals surface area contributed by atoms with Crippen molar-refractivity contribution in [2.75, 3.05) is 18.4 Å². The Labute approximate surface area is 135 Å². The van der Waals surface area contributed by atoms with Crippen LogP contribution in [-0.4, -0.2) is 46.7 Å². The van der Waals surface area contributed by atoms with Crippen molar-refractivity contribution in [3.8, 4) is 0 Å². The molecule has 0 aromatic heterocycles. The maximum atomic E-state index is 13.2. The zero-order chi connectivity index (χ0) is 18.1. The van der Waals surface area contributed by atoms with E-state index < -0.39 is 55.3 Å². The van der Waals surface area contributed by atoms with Crippen molar-refractivity contribution in [2.45, 2.75) is 31.5 Å². The number of nitrogens with zero attached hydrogens (tertiary/aromatic N) is 1. The van der Waals surface area contributed by atoms with Crippen molar-refractivity contribution in [3.63, 3.8) is 0 Å². The zero-order valence-corrected chi connectivity index (χ0v) is 12.8. The molecular formula is C15H16F4N2O3. The van der Waals surface area contributed by atoms with Crippen LogP contribution in [-0.2, 0) is 9.59 Å². The number of rotatable bonds is 1. The molecule has 1 aromatic carbocycles. The first-order valence-electron chi connectivity index (χ1n) is 7.19. The third-order valence-corrected chi connectivity index (χ3v) is 4.05. The van der Waals surface area contributed by atoms with E-state index in [9.17, 15) is 32.3 Å². The molecule has 0 aliphatic carbocycles. The van der Waals surface area contributed by atoms with Crippen molar-refractivity contribution >= 4 is 17.5 Å². The number of hydrogen-bond acceptors (Lipinski definition) is 3. The number of halogens is 4. The minimum atomic E-state index is -4.79. The predicted octanol–water partition coefficient (Wildman–Crippen LogP) is 1.99. The molecule has 2 rings (SSSR count). The molecule has 1 saturated heterocycles. The third-order valence-electron chi connectivity index (χ3n) is 4.05. The second-order valence-corrected chi connectivity index (χ2v) is 5.73. The molecular weight excluding hydrogens is 332 g/mol. The van der Waals surface area contributed by atoms with Gasteiger partial charge in [0.2, 0.25) is 0 Å². The molecule has 1 aliphatic rings. The zero-order valence-electron chi connectivity index (χ0n) is 12.8. The van der Waals surface area contributed by atoms with E-state index in [4.69, 9.17) is 0 Å². The molecule has 1 aromatic rings. The number of nitrogens with one attached hydrogen (secondary N) is 1. The summed E-state index contributed by atoms with van der Waals surface area (Å²) in [6.45, 7) is 0.804. The van der Waals surface area contributed by atoms with Crippen LogP contribution in [0.2, 0.25) is 0 Å². The molecule has 0 saturated carbocycles. The number of carbonyl (C=O) groups excluding carboxylic acids is 2. The summed E-state index contributed by atoms with van der Waals surface area (Å²) in [6.07, 6.45) is -6.19. The van der Waals surface area contributed by atoms with Gasteiger partial charge in [-0.1, -0.05) is 6.07 Å². The lowest BCUT2D eigenvalue weighted by Gasteiger charge is -2.38. The molecule has 1 heterocycles. The molecule has 1 aliphatic heterocycles. The second-order valence-electron chi connectivity index (χ2n) is 5.73. The first-order valence-corrected chi connectivity index (χ1v) is 7.19. The number of piperidine rings is 1. The monoisotopic (exact) mass is 348 g/mol. The average Bonchev–Trinajstić information content (AvgIpc) is 2.50. The van der Waals surface area contributed by atoms with Crippen LogP contribution in [0.3, 0.4) is 0 Å². The summed E-state index contributed by atoms with van der Waals surface area (Å²) >= 11 is 0. The van der Waals surface area contributed by atoms with E-state index in [0.29, 0.717) is 5.56 Å². The number of hydrogen-bond donors (Lipinski definition) is 2. The van der Waals surface area contributed by atoms with Crippen molar-refractivity contribution in [3.05, 3.63) is 29.6 Å². The van der Waals surface area contributed by atoms with Gasteiger partial charge in [0, 0.05) is 31.6 Å². The van der Waals surface area contributed by atoms with Crippen molar-refractivity contribution in [1.29, 1.82) is 0 Å². The molecule has 0 atom stereocenters. The molecule has 132 valence electrons. The number of anilines is 1. The number of amides is 2. The Balaban J connectivity index is 2.00. The van der Waals surface area contributed by atoms with E-state index in [0.717, 1.165) is 11.0 Å². The van der Waals surface area contributed by atoms with E-state index in [1.807, 2.05) is 0 Å². The van der Waals surface area contributed by atoms with Gasteiger partial charge in [0.15, 0.2) is 5.60 Å². The number of aliphatic hydroxyl groups is 1. The smallest absolute Gasteiger partial charge is 0.380 e. The van der Waals surface area contributed by atoms with E-state index >= 15 is 0 Å². The second kappa shape index (κ2) is 6.39. The first-order chi connectivity index (χ1) is 11.0. The molecule has 5 nitrogen and oxygen atoms in total. The van der Waals surface area contributed by atoms with E-state index in [2.05, 4.69) is 5.32 Å². The fourth-order valence-electron chi connectivity index (χ4n) is 2.41. The van der Waals surface area contributed by atoms with Gasteiger partial charge in [0.1, 0.15) is 5.82 Å². The summed E-state index contributed by atoms with van der Waals surface area (Å²) in [5.74, 6) is -2.69. The largest absolute Gasteiger partial charge is 0.417 e. The molecule has 2 N–H and O–H groups in total. The summed E-state index contributed by atoms with van der Waals surface area (Å²) in [5, 5.41) is 11.8. The van der Waals surface area contributed by atoms with E-state index in [1.54, 1.807) is 6.92 Å². The molecule has 0 unspecified atom stereocenters. The number of aryl methyl sites for hydroxylation is 1. The van der Waals surface area contributed by atoms with Crippen LogP contribution in [0.1, 0.15) is 18.4 Å². The Morgan fingerprint density at radius 1 is 1.25 bits per heavy atom. The number of likely N-dealkylation sites (tertiary alicyclic amines) is 1. The Morgan fingerprint density at radius 3 is 2.38 bits per heavy atom. The Hall–Kier alpha value is -2.16. The molecule has 24 heavy (non-hydrogen) atoms. The Kier molecular flexibility index (Phi) is 4.84. The van der Waals surface area contributed by atoms with Gasteiger partial charge >= 0.3 is 18.0 Å². The van der Waals surface area contributed by atoms with Crippen LogP contribution in [0.15, 0.2) is 18.2 Å². The van der Waals surface area contributed by atoms with E-state index in [-0.39, 0.29) is 5.69 Å². The summed E-state index contributed by atoms with van der Waals surface area (Å²) < 4.78 is 51.3. The van der Waals surface area contributed by atoms with Gasteiger partial charge < -0.3 is 15.3 Å². The van der Waals surface area contributed by atoms with Crippen LogP contribution in [0.25, 0.3) is 0 Å². The van der Waals surface area contributed by atoms with Crippen molar-refractivity contribution in [2.24, 2.45) is 0 Å². The molecule has 0 bridgehead atoms. The lowest BCUT2D eigenvalue weighted by Crippen LogP contribution is -2.55. The molecule has 0 spiro atoms. The summed E-state index contributed by atoms with van der Waals surface area (Å²) in [4.78, 5) is 24.9. The van der Waals surface area contributed by atoms with Gasteiger partial charge in [0.05, 0.1) is 0 Å². The van der Waals surface area contributed by atoms with Crippen LogP contribution in [0.4, 0.5) is 23.2 Å². The van der Waals surface area contributed by atoms with Crippen molar-refractivity contribution < 1.29 is 32.3 Å². The minimum absolute atomic E-state index is 0.108. The van der Waals surface area contributed by atoms with Gasteiger partial charge in [-0.25, -0.2) is 4.39 Å². The van der Waals surface area contributed by atoms with Gasteiger partial charge in [-0.15, -0.1) is 0 Å². The SMILES string of the molecule is Cc1ccc(F)cc1NC(=O)C(=O)N1CCC(O)(C(F)(F)F)CC1. The van der Waals surface area contributed by atoms with Gasteiger partial charge in [0.25, 0.3) is 0 Å². The maximum absolute atomic E-state index is 13.2. The van der Waals surface area contributed by atoms with Gasteiger partial charge in [-0.05, 0) is 24.6 Å². The highest BCUT2D eigenvalue weighted by atomic mass is 19.4. The van der Waals surface area contributed by atoms with Crippen LogP contribution >= 0.6 is 0 Å². The highest BCUT2D eigenvalue weighted by Gasteiger charge is 2.55. The molecule has 0 radical (unpaired) electrons. The lowest BCUT2D eigenvalue weighted by molar-refractivity contribution is -0.271. The van der Waals surface area contributed by atoms with Gasteiger partial charge in [-0.3, -0.25) is 9.59 Å². The molecule has 9 heteroatoms. The fraction of sp³-hybridized carbons (Fsp3) is 0.467. The third kappa shape index (κ3) is 3.66. The molecule has 1 fully saturated rings. The minimum Gasteiger partial charge on any atom is -0.380 e. The fourth-order valence-corrected chi connectivity index (χ4v) is 2.41. The van der Waals surface area contributed by atoms with Crippen molar-refractivity contribution in [1.82, 2.24) is 4.90 Å². The van der Waals surface area contributed by atoms with Crippen LogP contribution < -0.4 is 5.32 Å². The highest BCUT2D eigenvalue weighted by molar-refractivity contribution is 6.39. The van der Waals surface area contributed by atoms with Crippen LogP contribution in [0, 0.1) is 12.7 Å². The van der Waals surface area contributed by atoms with Gasteiger partial charge in [-0.2, -0.15) is 13.2 Å². The lowest BCUT2D eigenvalue weighted by atomic mass is 9.91. The van der Waals surface area contributed by atoms with E-state index in [1.165, 1.54) is 12.1 Å². The number of benzene rings is 1. The summed E-state index contributed by atoms with van der Waals surface area (Å²) in [5.41, 5.74) is -2.21. The number of carbonyl (C=O) groups is 2. The number of alkyl halides is 3. The van der Waals surface area contributed by atoms with Crippen LogP contribution in [0.5, 0.6) is 0 Å². The maximum Gasteiger partial charge on any atom is 0.417 e. The quantitative estimate of drug-likeness (QED) is 0.602. The Morgan fingerprint density at radius 2 is 1.83 bits per heavy atom. The topological polar surface area (TPSA) is 69.6 Å². The first kappa shape index (κ1) is 18.2.